The van der Waals surface area contributed by atoms with Crippen LogP contribution >= 0.6 is 11.8 Å². The lowest BCUT2D eigenvalue weighted by atomic mass is 9.81. The number of nitrogens with one attached hydrogen (secondary N) is 2. The monoisotopic (exact) mass is 490 g/mol. The van der Waals surface area contributed by atoms with Gasteiger partial charge in [0.05, 0.1) is 19.4 Å². The van der Waals surface area contributed by atoms with Crippen LogP contribution in [0.4, 0.5) is 19.3 Å². The number of alkyl carbamates (subject to hydrolysis) is 1. The number of rotatable bonds is 3. The second-order valence-electron chi connectivity index (χ2n) is 9.00. The normalized spacial score (nSPS) is 21.9. The number of anilines is 1. The van der Waals surface area contributed by atoms with Crippen LogP contribution in [0.3, 0.4) is 0 Å². The Morgan fingerprint density at radius 3 is 2.71 bits per heavy atom. The van der Waals surface area contributed by atoms with Gasteiger partial charge in [0.25, 0.3) is 5.91 Å². The fourth-order valence-corrected chi connectivity index (χ4v) is 4.88. The average molecular weight is 491 g/mol. The maximum atomic E-state index is 15.1. The Morgan fingerprint density at radius 2 is 2.00 bits per heavy atom. The summed E-state index contributed by atoms with van der Waals surface area (Å²) in [4.78, 5) is 33.2. The van der Waals surface area contributed by atoms with E-state index in [0.29, 0.717) is 23.2 Å². The van der Waals surface area contributed by atoms with Crippen molar-refractivity contribution in [3.63, 3.8) is 0 Å². The van der Waals surface area contributed by atoms with Crippen molar-refractivity contribution >= 4 is 34.6 Å². The molecule has 0 saturated carbocycles. The maximum absolute atomic E-state index is 15.1. The van der Waals surface area contributed by atoms with Crippen molar-refractivity contribution in [3.8, 4) is 0 Å². The van der Waals surface area contributed by atoms with Crippen LogP contribution in [0.15, 0.2) is 41.5 Å². The Hall–Kier alpha value is -3.05. The Labute approximate surface area is 199 Å². The molecule has 0 radical (unpaired) electrons. The van der Waals surface area contributed by atoms with E-state index >= 15 is 4.39 Å². The number of carbonyl (C=O) groups excluding carboxylic acids is 2. The molecule has 2 aliphatic heterocycles. The van der Waals surface area contributed by atoms with Crippen molar-refractivity contribution < 1.29 is 27.8 Å². The van der Waals surface area contributed by atoms with Gasteiger partial charge in [-0.15, -0.1) is 0 Å². The molecule has 2 amide bonds. The Balaban J connectivity index is 1.62. The van der Waals surface area contributed by atoms with Gasteiger partial charge in [0.15, 0.2) is 5.17 Å². The van der Waals surface area contributed by atoms with Gasteiger partial charge in [-0.1, -0.05) is 11.8 Å². The molecule has 0 spiro atoms. The third-order valence-corrected chi connectivity index (χ3v) is 6.33. The lowest BCUT2D eigenvalue weighted by Crippen LogP contribution is -2.43. The fraction of sp³-hybridized carbons (Fsp3) is 0.391. The summed E-state index contributed by atoms with van der Waals surface area (Å²) in [6.45, 7) is 5.75. The molecule has 180 valence electrons. The summed E-state index contributed by atoms with van der Waals surface area (Å²) >= 11 is 1.33. The van der Waals surface area contributed by atoms with Gasteiger partial charge in [-0.05, 0) is 51.1 Å². The van der Waals surface area contributed by atoms with Crippen LogP contribution in [-0.4, -0.2) is 46.7 Å². The zero-order valence-corrected chi connectivity index (χ0v) is 19.7. The molecule has 0 bridgehead atoms. The van der Waals surface area contributed by atoms with Crippen molar-refractivity contribution in [2.75, 3.05) is 24.3 Å². The van der Waals surface area contributed by atoms with Crippen molar-refractivity contribution in [2.45, 2.75) is 31.9 Å². The van der Waals surface area contributed by atoms with E-state index < -0.39 is 34.8 Å². The number of ether oxygens (including phenoxy) is 2. The number of hydrogen-bond donors (Lipinski definition) is 2. The molecule has 0 unspecified atom stereocenters. The highest BCUT2D eigenvalue weighted by Gasteiger charge is 2.50. The van der Waals surface area contributed by atoms with E-state index in [9.17, 15) is 14.0 Å². The highest BCUT2D eigenvalue weighted by atomic mass is 32.2. The topological polar surface area (TPSA) is 102 Å². The van der Waals surface area contributed by atoms with Gasteiger partial charge in [-0.2, -0.15) is 0 Å². The predicted molar refractivity (Wildman–Crippen MR) is 124 cm³/mol. The van der Waals surface area contributed by atoms with Crippen LogP contribution in [0.25, 0.3) is 0 Å². The number of nitrogens with zero attached hydrogens (tertiary/aromatic N) is 2. The predicted octanol–water partition coefficient (Wildman–Crippen LogP) is 4.08. The van der Waals surface area contributed by atoms with Gasteiger partial charge in [0.1, 0.15) is 28.5 Å². The minimum absolute atomic E-state index is 0.0171. The van der Waals surface area contributed by atoms with E-state index in [1.807, 2.05) is 0 Å². The smallest absolute Gasteiger partial charge is 0.413 e. The molecule has 2 aliphatic rings. The van der Waals surface area contributed by atoms with Crippen LogP contribution in [-0.2, 0) is 15.0 Å². The van der Waals surface area contributed by atoms with Crippen LogP contribution in [0, 0.1) is 17.6 Å². The largest absolute Gasteiger partial charge is 0.444 e. The number of thioether (sulfide) groups is 1. The highest BCUT2D eigenvalue weighted by Crippen LogP contribution is 2.46. The second kappa shape index (κ2) is 9.30. The molecule has 8 nitrogen and oxygen atoms in total. The summed E-state index contributed by atoms with van der Waals surface area (Å²) in [7, 11) is 0. The molecule has 1 fully saturated rings. The standard InChI is InChI=1S/C23H24F2N4O4S/c1-22(2,3)33-21(31)28-20-29-23(12-32-10-13(23)11-34-20)16-8-15(5-6-17(16)25)27-19(30)18-7-4-14(24)9-26-18/h4-9,13H,10-12H2,1-3H3,(H,27,30)(H,28,29,31)/t13-,23-/m0/s1. The van der Waals surface area contributed by atoms with E-state index in [0.717, 1.165) is 12.3 Å². The van der Waals surface area contributed by atoms with Gasteiger partial charge in [0.2, 0.25) is 0 Å². The summed E-state index contributed by atoms with van der Waals surface area (Å²) in [5.74, 6) is -1.23. The van der Waals surface area contributed by atoms with Crippen LogP contribution in [0.2, 0.25) is 0 Å². The summed E-state index contributed by atoms with van der Waals surface area (Å²) in [5, 5.41) is 5.60. The fourth-order valence-electron chi connectivity index (χ4n) is 3.77. The zero-order valence-electron chi connectivity index (χ0n) is 18.9. The molecule has 3 heterocycles. The quantitative estimate of drug-likeness (QED) is 0.672. The number of pyridine rings is 1. The Morgan fingerprint density at radius 1 is 1.21 bits per heavy atom. The van der Waals surface area contributed by atoms with E-state index in [1.54, 1.807) is 20.8 Å². The first-order valence-corrected chi connectivity index (χ1v) is 11.6. The third kappa shape index (κ3) is 5.20. The number of aromatic nitrogens is 1. The Bertz CT molecular complexity index is 1140. The average Bonchev–Trinajstić information content (AvgIpc) is 3.18. The first kappa shape index (κ1) is 24.1. The van der Waals surface area contributed by atoms with Crippen molar-refractivity contribution in [1.29, 1.82) is 0 Å². The molecule has 2 aromatic rings. The third-order valence-electron chi connectivity index (χ3n) is 5.30. The van der Waals surface area contributed by atoms with Crippen molar-refractivity contribution in [1.82, 2.24) is 10.3 Å². The number of halogens is 2. The number of hydrogen-bond acceptors (Lipinski definition) is 7. The molecule has 0 aliphatic carbocycles. The summed E-state index contributed by atoms with van der Waals surface area (Å²) in [6, 6.07) is 6.55. The van der Waals surface area contributed by atoms with E-state index in [-0.39, 0.29) is 23.8 Å². The molecule has 2 atom stereocenters. The number of aliphatic imine (C=N–C) groups is 1. The number of amides is 2. The Kier molecular flexibility index (Phi) is 6.59. The van der Waals surface area contributed by atoms with Crippen LogP contribution in [0.5, 0.6) is 0 Å². The van der Waals surface area contributed by atoms with Gasteiger partial charge < -0.3 is 14.8 Å². The number of carbonyl (C=O) groups is 2. The molecular formula is C23H24F2N4O4S. The number of benzene rings is 1. The summed E-state index contributed by atoms with van der Waals surface area (Å²) in [6.07, 6.45) is 0.289. The number of amidine groups is 1. The molecule has 11 heteroatoms. The first-order valence-electron chi connectivity index (χ1n) is 10.6. The molecule has 34 heavy (non-hydrogen) atoms. The first-order chi connectivity index (χ1) is 16.1. The van der Waals surface area contributed by atoms with Crippen LogP contribution < -0.4 is 10.6 Å². The van der Waals surface area contributed by atoms with Gasteiger partial charge >= 0.3 is 6.09 Å². The molecule has 2 N–H and O–H groups in total. The van der Waals surface area contributed by atoms with Gasteiger partial charge in [0, 0.05) is 22.9 Å². The maximum Gasteiger partial charge on any atom is 0.413 e. The highest BCUT2D eigenvalue weighted by molar-refractivity contribution is 8.13. The molecule has 1 aromatic heterocycles. The van der Waals surface area contributed by atoms with Gasteiger partial charge in [-0.3, -0.25) is 10.1 Å². The molecule has 4 rings (SSSR count). The van der Waals surface area contributed by atoms with E-state index in [1.165, 1.54) is 36.0 Å². The van der Waals surface area contributed by atoms with Crippen LogP contribution in [0.1, 0.15) is 36.8 Å². The molecule has 1 saturated heterocycles. The SMILES string of the molecule is CC(C)(C)OC(=O)NC1=N[C@@]2(c3cc(NC(=O)c4ccc(F)cn4)ccc3F)COC[C@H]2CS1. The second-order valence-corrected chi connectivity index (χ2v) is 10.0. The van der Waals surface area contributed by atoms with Crippen molar-refractivity contribution in [2.24, 2.45) is 10.9 Å². The zero-order chi connectivity index (χ0) is 24.5. The van der Waals surface area contributed by atoms with Gasteiger partial charge in [-0.25, -0.2) is 23.6 Å². The summed E-state index contributed by atoms with van der Waals surface area (Å²) in [5.41, 5.74) is -1.18. The minimum Gasteiger partial charge on any atom is -0.444 e. The molecule has 1 aromatic carbocycles. The van der Waals surface area contributed by atoms with E-state index in [4.69, 9.17) is 14.5 Å². The lowest BCUT2D eigenvalue weighted by Gasteiger charge is -2.35. The summed E-state index contributed by atoms with van der Waals surface area (Å²) < 4.78 is 39.2. The lowest BCUT2D eigenvalue weighted by molar-refractivity contribution is 0.0563. The number of fused-ring (bicyclic) bond motifs is 1. The van der Waals surface area contributed by atoms with E-state index in [2.05, 4.69) is 15.6 Å². The van der Waals surface area contributed by atoms with Crippen molar-refractivity contribution in [3.05, 3.63) is 59.4 Å². The molecular weight excluding hydrogens is 466 g/mol. The minimum atomic E-state index is -1.07.